The van der Waals surface area contributed by atoms with Crippen LogP contribution in [-0.2, 0) is 0 Å². The van der Waals surface area contributed by atoms with E-state index in [-0.39, 0.29) is 0 Å². The first kappa shape index (κ1) is 31.5. The van der Waals surface area contributed by atoms with Crippen molar-refractivity contribution < 1.29 is 4.42 Å². The lowest BCUT2D eigenvalue weighted by Crippen LogP contribution is -2.07. The first-order chi connectivity index (χ1) is 28.3. The Kier molecular flexibility index (Phi) is 6.83. The molecule has 0 radical (unpaired) electrons. The minimum atomic E-state index is 0.530. The molecule has 0 unspecified atom stereocenters. The van der Waals surface area contributed by atoms with Gasteiger partial charge in [0.05, 0.1) is 27.6 Å². The van der Waals surface area contributed by atoms with Crippen molar-refractivity contribution >= 4 is 65.6 Å². The van der Waals surface area contributed by atoms with Crippen LogP contribution in [0.15, 0.2) is 192 Å². The number of furan rings is 1. The van der Waals surface area contributed by atoms with Crippen LogP contribution in [0.4, 0.5) is 0 Å². The van der Waals surface area contributed by atoms with Gasteiger partial charge in [0.25, 0.3) is 0 Å². The molecule has 0 spiro atoms. The van der Waals surface area contributed by atoms with Crippen LogP contribution in [0, 0.1) is 0 Å². The number of benzene rings is 8. The fourth-order valence-corrected chi connectivity index (χ4v) is 8.63. The number of para-hydroxylation sites is 4. The Morgan fingerprint density at radius 3 is 1.61 bits per heavy atom. The number of hydrogen-bond donors (Lipinski definition) is 0. The molecule has 12 rings (SSSR count). The highest BCUT2D eigenvalue weighted by atomic mass is 16.3. The van der Waals surface area contributed by atoms with E-state index in [9.17, 15) is 0 Å². The number of aromatic nitrogens is 5. The highest BCUT2D eigenvalue weighted by molar-refractivity contribution is 6.23. The highest BCUT2D eigenvalue weighted by Crippen LogP contribution is 2.42. The SMILES string of the molecule is c1ccc(-c2ccc(-n3c4ccccc4c4ccc5c6ccccc6n(-c6nc(-c7ccccc7)nc(-c7cccc8c7oc7ccccc78)n6)c5c43)cc2)cc1. The molecule has 8 aromatic carbocycles. The van der Waals surface area contributed by atoms with Crippen molar-refractivity contribution in [3.63, 3.8) is 0 Å². The third kappa shape index (κ3) is 4.81. The van der Waals surface area contributed by atoms with Crippen LogP contribution in [0.25, 0.3) is 111 Å². The Labute approximate surface area is 326 Å². The molecule has 0 saturated heterocycles. The van der Waals surface area contributed by atoms with Crippen molar-refractivity contribution in [2.24, 2.45) is 0 Å². The molecule has 0 aliphatic carbocycles. The highest BCUT2D eigenvalue weighted by Gasteiger charge is 2.24. The molecule has 0 bridgehead atoms. The van der Waals surface area contributed by atoms with Gasteiger partial charge >= 0.3 is 0 Å². The predicted octanol–water partition coefficient (Wildman–Crippen LogP) is 13.0. The third-order valence-corrected chi connectivity index (χ3v) is 11.2. The summed E-state index contributed by atoms with van der Waals surface area (Å²) in [5.41, 5.74) is 11.0. The van der Waals surface area contributed by atoms with E-state index >= 15 is 0 Å². The van der Waals surface area contributed by atoms with Crippen molar-refractivity contribution in [1.82, 2.24) is 24.1 Å². The zero-order valence-corrected chi connectivity index (χ0v) is 30.5. The molecule has 0 aliphatic rings. The van der Waals surface area contributed by atoms with Crippen molar-refractivity contribution in [2.75, 3.05) is 0 Å². The Balaban J connectivity index is 1.19. The number of nitrogens with zero attached hydrogens (tertiary/aromatic N) is 5. The molecule has 0 aliphatic heterocycles. The Morgan fingerprint density at radius 2 is 0.895 bits per heavy atom. The topological polar surface area (TPSA) is 61.7 Å². The van der Waals surface area contributed by atoms with Gasteiger partial charge < -0.3 is 8.98 Å². The van der Waals surface area contributed by atoms with Gasteiger partial charge in [-0.05, 0) is 47.5 Å². The smallest absolute Gasteiger partial charge is 0.238 e. The summed E-state index contributed by atoms with van der Waals surface area (Å²) in [5, 5.41) is 6.64. The molecule has 0 atom stereocenters. The van der Waals surface area contributed by atoms with Gasteiger partial charge in [-0.25, -0.2) is 4.98 Å². The Morgan fingerprint density at radius 1 is 0.351 bits per heavy atom. The first-order valence-corrected chi connectivity index (χ1v) is 19.1. The molecule has 0 amide bonds. The molecule has 0 saturated carbocycles. The van der Waals surface area contributed by atoms with Gasteiger partial charge in [0.2, 0.25) is 5.95 Å². The average Bonchev–Trinajstić information content (AvgIpc) is 3.95. The quantitative estimate of drug-likeness (QED) is 0.177. The molecular weight excluding hydrogens is 699 g/mol. The van der Waals surface area contributed by atoms with Gasteiger partial charge in [-0.3, -0.25) is 4.57 Å². The summed E-state index contributed by atoms with van der Waals surface area (Å²) in [7, 11) is 0. The minimum absolute atomic E-state index is 0.530. The normalized spacial score (nSPS) is 11.9. The fourth-order valence-electron chi connectivity index (χ4n) is 8.63. The number of hydrogen-bond acceptors (Lipinski definition) is 4. The van der Waals surface area contributed by atoms with Gasteiger partial charge in [0, 0.05) is 43.6 Å². The van der Waals surface area contributed by atoms with E-state index in [4.69, 9.17) is 19.4 Å². The molecule has 57 heavy (non-hydrogen) atoms. The molecule has 12 aromatic rings. The maximum Gasteiger partial charge on any atom is 0.238 e. The summed E-state index contributed by atoms with van der Waals surface area (Å²) in [5.74, 6) is 1.65. The fraction of sp³-hybridized carbons (Fsp3) is 0. The minimum Gasteiger partial charge on any atom is -0.455 e. The van der Waals surface area contributed by atoms with E-state index in [1.165, 1.54) is 16.5 Å². The van der Waals surface area contributed by atoms with Crippen LogP contribution in [0.1, 0.15) is 0 Å². The van der Waals surface area contributed by atoms with Crippen molar-refractivity contribution in [3.05, 3.63) is 188 Å². The van der Waals surface area contributed by atoms with Crippen LogP contribution >= 0.6 is 0 Å². The van der Waals surface area contributed by atoms with Gasteiger partial charge in [0.15, 0.2) is 11.6 Å². The van der Waals surface area contributed by atoms with E-state index < -0.39 is 0 Å². The maximum atomic E-state index is 6.54. The molecule has 0 N–H and O–H groups in total. The lowest BCUT2D eigenvalue weighted by Gasteiger charge is -2.13. The third-order valence-electron chi connectivity index (χ3n) is 11.2. The van der Waals surface area contributed by atoms with Crippen LogP contribution in [-0.4, -0.2) is 24.1 Å². The second kappa shape index (κ2) is 12.3. The van der Waals surface area contributed by atoms with Gasteiger partial charge in [-0.2, -0.15) is 9.97 Å². The van der Waals surface area contributed by atoms with E-state index in [1.54, 1.807) is 0 Å². The average molecular weight is 730 g/mol. The first-order valence-electron chi connectivity index (χ1n) is 19.1. The monoisotopic (exact) mass is 729 g/mol. The molecular formula is C51H31N5O. The molecule has 4 heterocycles. The Bertz CT molecular complexity index is 3510. The Hall–Kier alpha value is -7.83. The summed E-state index contributed by atoms with van der Waals surface area (Å²) in [4.78, 5) is 15.8. The lowest BCUT2D eigenvalue weighted by atomic mass is 10.1. The van der Waals surface area contributed by atoms with Gasteiger partial charge in [-0.15, -0.1) is 0 Å². The van der Waals surface area contributed by atoms with E-state index in [0.29, 0.717) is 17.6 Å². The second-order valence-electron chi connectivity index (χ2n) is 14.4. The molecule has 6 heteroatoms. The maximum absolute atomic E-state index is 6.54. The van der Waals surface area contributed by atoms with E-state index in [2.05, 4.69) is 143 Å². The van der Waals surface area contributed by atoms with Crippen molar-refractivity contribution in [2.45, 2.75) is 0 Å². The van der Waals surface area contributed by atoms with Crippen LogP contribution in [0.2, 0.25) is 0 Å². The van der Waals surface area contributed by atoms with Crippen molar-refractivity contribution in [1.29, 1.82) is 0 Å². The summed E-state index contributed by atoms with van der Waals surface area (Å²) < 4.78 is 11.2. The summed E-state index contributed by atoms with van der Waals surface area (Å²) in [6, 6.07) is 65.6. The van der Waals surface area contributed by atoms with Crippen LogP contribution in [0.5, 0.6) is 0 Å². The van der Waals surface area contributed by atoms with Crippen LogP contribution < -0.4 is 0 Å². The summed E-state index contributed by atoms with van der Waals surface area (Å²) in [6.07, 6.45) is 0. The summed E-state index contributed by atoms with van der Waals surface area (Å²) >= 11 is 0. The van der Waals surface area contributed by atoms with E-state index in [1.807, 2.05) is 54.6 Å². The molecule has 4 aromatic heterocycles. The standard InChI is InChI=1S/C51H31N5O/c1-3-14-32(15-4-1)33-26-28-35(29-27-33)55-43-23-10-7-18-36(43)39-30-31-40-37-19-8-11-24-44(37)56(47(40)46(39)55)51-53-49(34-16-5-2-6-17-34)52-50(54-51)42-22-13-21-41-38-20-9-12-25-45(38)57-48(41)42/h1-31H. The molecule has 6 nitrogen and oxygen atoms in total. The molecule has 0 fully saturated rings. The lowest BCUT2D eigenvalue weighted by molar-refractivity contribution is 0.669. The van der Waals surface area contributed by atoms with Gasteiger partial charge in [0.1, 0.15) is 11.2 Å². The van der Waals surface area contributed by atoms with Crippen LogP contribution in [0.3, 0.4) is 0 Å². The number of fused-ring (bicyclic) bond motifs is 10. The van der Waals surface area contributed by atoms with Crippen molar-refractivity contribution in [3.8, 4) is 45.5 Å². The summed E-state index contributed by atoms with van der Waals surface area (Å²) in [6.45, 7) is 0. The second-order valence-corrected chi connectivity index (χ2v) is 14.4. The largest absolute Gasteiger partial charge is 0.455 e. The zero-order chi connectivity index (χ0) is 37.5. The number of rotatable bonds is 5. The zero-order valence-electron chi connectivity index (χ0n) is 30.5. The molecule has 266 valence electrons. The van der Waals surface area contributed by atoms with Gasteiger partial charge in [-0.1, -0.05) is 152 Å². The van der Waals surface area contributed by atoms with E-state index in [0.717, 1.165) is 77.0 Å². The predicted molar refractivity (Wildman–Crippen MR) is 232 cm³/mol.